The molecule has 27 heavy (non-hydrogen) atoms. The van der Waals surface area contributed by atoms with Crippen molar-refractivity contribution in [3.8, 4) is 11.6 Å². The first-order valence-electron chi connectivity index (χ1n) is 7.81. The molecule has 0 aliphatic rings. The predicted octanol–water partition coefficient (Wildman–Crippen LogP) is 4.82. The van der Waals surface area contributed by atoms with Gasteiger partial charge in [-0.25, -0.2) is 13.8 Å². The number of nitro groups is 1. The number of ether oxygens (including phenoxy) is 1. The lowest BCUT2D eigenvalue weighted by atomic mass is 10.1. The van der Waals surface area contributed by atoms with Gasteiger partial charge in [-0.2, -0.15) is 4.98 Å². The van der Waals surface area contributed by atoms with E-state index in [0.29, 0.717) is 5.75 Å². The minimum Gasteiger partial charge on any atom is -0.434 e. The molecule has 138 valence electrons. The molecule has 0 amide bonds. The van der Waals surface area contributed by atoms with E-state index in [-0.39, 0.29) is 17.4 Å². The number of nitrogens with zero attached hydrogens (tertiary/aromatic N) is 3. The van der Waals surface area contributed by atoms with Gasteiger partial charge in [-0.05, 0) is 49.2 Å². The van der Waals surface area contributed by atoms with Crippen molar-refractivity contribution in [3.05, 3.63) is 75.6 Å². The highest BCUT2D eigenvalue weighted by atomic mass is 19.1. The van der Waals surface area contributed by atoms with E-state index in [4.69, 9.17) is 4.74 Å². The third kappa shape index (κ3) is 3.97. The first kappa shape index (κ1) is 18.2. The van der Waals surface area contributed by atoms with E-state index in [1.54, 1.807) is 18.2 Å². The van der Waals surface area contributed by atoms with Crippen LogP contribution in [0, 0.1) is 35.6 Å². The second-order valence-corrected chi connectivity index (χ2v) is 5.73. The summed E-state index contributed by atoms with van der Waals surface area (Å²) in [6, 6.07) is 7.86. The fraction of sp³-hybridized carbons (Fsp3) is 0.111. The number of aromatic nitrogens is 2. The molecule has 0 bridgehead atoms. The van der Waals surface area contributed by atoms with Crippen LogP contribution in [0.5, 0.6) is 11.6 Å². The average Bonchev–Trinajstić information content (AvgIpc) is 2.61. The molecule has 9 heteroatoms. The molecule has 2 aromatic carbocycles. The summed E-state index contributed by atoms with van der Waals surface area (Å²) in [5, 5.41) is 14.0. The minimum absolute atomic E-state index is 0.297. The highest BCUT2D eigenvalue weighted by Crippen LogP contribution is 2.36. The van der Waals surface area contributed by atoms with Gasteiger partial charge in [0.1, 0.15) is 23.7 Å². The number of nitrogens with one attached hydrogen (secondary N) is 1. The van der Waals surface area contributed by atoms with E-state index in [1.807, 2.05) is 13.8 Å². The minimum atomic E-state index is -0.791. The van der Waals surface area contributed by atoms with Gasteiger partial charge in [-0.15, -0.1) is 0 Å². The molecule has 0 radical (unpaired) electrons. The van der Waals surface area contributed by atoms with Gasteiger partial charge in [0.05, 0.1) is 10.6 Å². The molecule has 0 aliphatic heterocycles. The maximum absolute atomic E-state index is 13.8. The molecule has 3 rings (SSSR count). The fourth-order valence-corrected chi connectivity index (χ4v) is 2.30. The number of halogens is 2. The van der Waals surface area contributed by atoms with Crippen molar-refractivity contribution in [2.45, 2.75) is 13.8 Å². The highest BCUT2D eigenvalue weighted by molar-refractivity contribution is 5.69. The number of hydrogen-bond acceptors (Lipinski definition) is 6. The number of benzene rings is 2. The van der Waals surface area contributed by atoms with Gasteiger partial charge in [0, 0.05) is 6.07 Å². The Bertz CT molecular complexity index is 1030. The van der Waals surface area contributed by atoms with E-state index in [0.717, 1.165) is 35.7 Å². The van der Waals surface area contributed by atoms with E-state index in [9.17, 15) is 18.9 Å². The summed E-state index contributed by atoms with van der Waals surface area (Å²) in [5.74, 6) is -1.79. The molecular weight excluding hydrogens is 358 g/mol. The average molecular weight is 372 g/mol. The predicted molar refractivity (Wildman–Crippen MR) is 94.3 cm³/mol. The maximum Gasteiger partial charge on any atom is 0.373 e. The Hall–Kier alpha value is -3.62. The van der Waals surface area contributed by atoms with Crippen LogP contribution in [0.1, 0.15) is 11.1 Å². The monoisotopic (exact) mass is 372 g/mol. The standard InChI is InChI=1S/C18H14F2N4O3/c1-10-3-5-13(7-11(10)2)27-18-16(24(25)26)17(21-9-22-18)23-15-8-12(19)4-6-14(15)20/h3-9H,1-2H3,(H,21,22,23). The van der Waals surface area contributed by atoms with Crippen molar-refractivity contribution < 1.29 is 18.4 Å². The third-order valence-electron chi connectivity index (χ3n) is 3.85. The van der Waals surface area contributed by atoms with Crippen LogP contribution in [-0.2, 0) is 0 Å². The molecule has 0 unspecified atom stereocenters. The molecule has 1 N–H and O–H groups in total. The number of rotatable bonds is 5. The molecular formula is C18H14F2N4O3. The van der Waals surface area contributed by atoms with Crippen LogP contribution in [0.3, 0.4) is 0 Å². The van der Waals surface area contributed by atoms with Crippen molar-refractivity contribution in [3.63, 3.8) is 0 Å². The van der Waals surface area contributed by atoms with E-state index in [2.05, 4.69) is 15.3 Å². The van der Waals surface area contributed by atoms with Gasteiger partial charge < -0.3 is 10.1 Å². The van der Waals surface area contributed by atoms with Crippen LogP contribution in [0.15, 0.2) is 42.7 Å². The largest absolute Gasteiger partial charge is 0.434 e. The smallest absolute Gasteiger partial charge is 0.373 e. The van der Waals surface area contributed by atoms with E-state index < -0.39 is 22.2 Å². The molecule has 1 heterocycles. The Balaban J connectivity index is 2.00. The molecule has 0 aliphatic carbocycles. The number of hydrogen-bond donors (Lipinski definition) is 1. The summed E-state index contributed by atoms with van der Waals surface area (Å²) in [6.07, 6.45) is 1.03. The SMILES string of the molecule is Cc1ccc(Oc2ncnc(Nc3cc(F)ccc3F)c2[N+](=O)[O-])cc1C. The number of aryl methyl sites for hydroxylation is 2. The Morgan fingerprint density at radius 3 is 2.56 bits per heavy atom. The zero-order valence-electron chi connectivity index (χ0n) is 14.4. The zero-order valence-corrected chi connectivity index (χ0v) is 14.4. The van der Waals surface area contributed by atoms with Gasteiger partial charge in [0.15, 0.2) is 0 Å². The molecule has 0 saturated carbocycles. The molecule has 0 saturated heterocycles. The maximum atomic E-state index is 13.8. The normalized spacial score (nSPS) is 10.5. The molecule has 3 aromatic rings. The fourth-order valence-electron chi connectivity index (χ4n) is 2.30. The van der Waals surface area contributed by atoms with Crippen molar-refractivity contribution in [2.24, 2.45) is 0 Å². The Kier molecular flexibility index (Phi) is 4.93. The van der Waals surface area contributed by atoms with Gasteiger partial charge in [-0.1, -0.05) is 6.07 Å². The second kappa shape index (κ2) is 7.32. The van der Waals surface area contributed by atoms with Crippen molar-refractivity contribution in [1.29, 1.82) is 0 Å². The quantitative estimate of drug-likeness (QED) is 0.510. The zero-order chi connectivity index (χ0) is 19.6. The van der Waals surface area contributed by atoms with Crippen molar-refractivity contribution >= 4 is 17.2 Å². The molecule has 1 aromatic heterocycles. The summed E-state index contributed by atoms with van der Waals surface area (Å²) in [6.45, 7) is 3.79. The molecule has 0 fully saturated rings. The third-order valence-corrected chi connectivity index (χ3v) is 3.85. The van der Waals surface area contributed by atoms with Crippen LogP contribution in [-0.4, -0.2) is 14.9 Å². The van der Waals surface area contributed by atoms with Crippen LogP contribution in [0.2, 0.25) is 0 Å². The Morgan fingerprint density at radius 1 is 1.07 bits per heavy atom. The molecule has 7 nitrogen and oxygen atoms in total. The van der Waals surface area contributed by atoms with E-state index in [1.165, 1.54) is 0 Å². The Morgan fingerprint density at radius 2 is 1.85 bits per heavy atom. The Labute approximate surface area is 152 Å². The second-order valence-electron chi connectivity index (χ2n) is 5.73. The number of anilines is 2. The van der Waals surface area contributed by atoms with Gasteiger partial charge >= 0.3 is 11.6 Å². The van der Waals surface area contributed by atoms with E-state index >= 15 is 0 Å². The summed E-state index contributed by atoms with van der Waals surface area (Å²) in [4.78, 5) is 18.4. The first-order valence-corrected chi connectivity index (χ1v) is 7.81. The summed E-state index contributed by atoms with van der Waals surface area (Å²) in [7, 11) is 0. The highest BCUT2D eigenvalue weighted by Gasteiger charge is 2.26. The topological polar surface area (TPSA) is 90.2 Å². The summed E-state index contributed by atoms with van der Waals surface area (Å²) >= 11 is 0. The molecule has 0 atom stereocenters. The lowest BCUT2D eigenvalue weighted by Gasteiger charge is -2.11. The van der Waals surface area contributed by atoms with Crippen LogP contribution < -0.4 is 10.1 Å². The van der Waals surface area contributed by atoms with Crippen molar-refractivity contribution in [2.75, 3.05) is 5.32 Å². The lowest BCUT2D eigenvalue weighted by Crippen LogP contribution is -2.04. The van der Waals surface area contributed by atoms with Crippen molar-refractivity contribution in [1.82, 2.24) is 9.97 Å². The molecule has 0 spiro atoms. The van der Waals surface area contributed by atoms with Crippen LogP contribution >= 0.6 is 0 Å². The summed E-state index contributed by atoms with van der Waals surface area (Å²) in [5.41, 5.74) is 1.07. The van der Waals surface area contributed by atoms with Gasteiger partial charge in [-0.3, -0.25) is 10.1 Å². The summed E-state index contributed by atoms with van der Waals surface area (Å²) < 4.78 is 32.7. The van der Waals surface area contributed by atoms with Gasteiger partial charge in [0.2, 0.25) is 5.82 Å². The van der Waals surface area contributed by atoms with Crippen LogP contribution in [0.25, 0.3) is 0 Å². The first-order chi connectivity index (χ1) is 12.8. The lowest BCUT2D eigenvalue weighted by molar-refractivity contribution is -0.385. The van der Waals surface area contributed by atoms with Crippen LogP contribution in [0.4, 0.5) is 26.0 Å². The van der Waals surface area contributed by atoms with Gasteiger partial charge in [0.25, 0.3) is 0 Å².